The van der Waals surface area contributed by atoms with Crippen molar-refractivity contribution in [1.29, 1.82) is 0 Å². The molecule has 0 saturated heterocycles. The zero-order valence-corrected chi connectivity index (χ0v) is 13.1. The molecule has 104 valence electrons. The summed E-state index contributed by atoms with van der Waals surface area (Å²) in [5, 5.41) is 0.747. The van der Waals surface area contributed by atoms with Gasteiger partial charge in [0.15, 0.2) is 0 Å². The van der Waals surface area contributed by atoms with Gasteiger partial charge in [-0.05, 0) is 45.4 Å². The number of halogens is 2. The number of rotatable bonds is 5. The van der Waals surface area contributed by atoms with E-state index < -0.39 is 0 Å². The molecule has 0 aromatic heterocycles. The fourth-order valence-electron chi connectivity index (χ4n) is 2.03. The van der Waals surface area contributed by atoms with Crippen molar-refractivity contribution in [2.45, 2.75) is 46.3 Å². The highest BCUT2D eigenvalue weighted by atomic mass is 35.5. The molecular formula is C14H18Cl2N2O. The first kappa shape index (κ1) is 16.2. The van der Waals surface area contributed by atoms with Crippen molar-refractivity contribution in [2.75, 3.05) is 0 Å². The Balaban J connectivity index is 3.06. The molecule has 0 aliphatic heterocycles. The summed E-state index contributed by atoms with van der Waals surface area (Å²) in [6, 6.07) is 4.43. The molecule has 0 spiro atoms. The lowest BCUT2D eigenvalue weighted by Crippen LogP contribution is -2.36. The van der Waals surface area contributed by atoms with E-state index in [2.05, 4.69) is 37.6 Å². The van der Waals surface area contributed by atoms with E-state index in [1.807, 2.05) is 0 Å². The molecular weight excluding hydrogens is 283 g/mol. The van der Waals surface area contributed by atoms with Crippen molar-refractivity contribution >= 4 is 35.0 Å². The molecule has 0 unspecified atom stereocenters. The van der Waals surface area contributed by atoms with Crippen LogP contribution in [0.15, 0.2) is 17.1 Å². The summed E-state index contributed by atoms with van der Waals surface area (Å²) >= 11 is 12.2. The normalized spacial score (nSPS) is 11.2. The van der Waals surface area contributed by atoms with Gasteiger partial charge < -0.3 is 0 Å². The predicted molar refractivity (Wildman–Crippen MR) is 80.1 cm³/mol. The maximum Gasteiger partial charge on any atom is 0.240 e. The molecule has 1 rings (SSSR count). The average Bonchev–Trinajstić information content (AvgIpc) is 2.30. The topological polar surface area (TPSA) is 32.7 Å². The van der Waals surface area contributed by atoms with Crippen LogP contribution in [-0.2, 0) is 11.3 Å². The third kappa shape index (κ3) is 4.32. The molecule has 0 aliphatic carbocycles. The summed E-state index contributed by atoms with van der Waals surface area (Å²) in [6.45, 7) is 9.34. The molecule has 0 fully saturated rings. The van der Waals surface area contributed by atoms with Crippen molar-refractivity contribution in [3.63, 3.8) is 0 Å². The fourth-order valence-corrected chi connectivity index (χ4v) is 2.65. The molecule has 0 amide bonds. The van der Waals surface area contributed by atoms with Crippen LogP contribution in [0.1, 0.15) is 33.3 Å². The van der Waals surface area contributed by atoms with Crippen LogP contribution in [0.3, 0.4) is 0 Å². The molecule has 0 N–H and O–H groups in total. The highest BCUT2D eigenvalue weighted by molar-refractivity contribution is 6.38. The van der Waals surface area contributed by atoms with E-state index in [4.69, 9.17) is 23.2 Å². The summed E-state index contributed by atoms with van der Waals surface area (Å²) in [5.74, 6) is 0. The van der Waals surface area contributed by atoms with Gasteiger partial charge in [-0.3, -0.25) is 4.90 Å². The molecule has 19 heavy (non-hydrogen) atoms. The third-order valence-corrected chi connectivity index (χ3v) is 3.50. The number of carbonyl (C=O) groups excluding carboxylic acids is 1. The predicted octanol–water partition coefficient (Wildman–Crippen LogP) is 4.58. The lowest BCUT2D eigenvalue weighted by molar-refractivity contribution is 0.166. The molecule has 5 heteroatoms. The van der Waals surface area contributed by atoms with Gasteiger partial charge in [-0.2, -0.15) is 4.99 Å². The summed E-state index contributed by atoms with van der Waals surface area (Å²) in [6.07, 6.45) is 1.46. The quantitative estimate of drug-likeness (QED) is 0.589. The highest BCUT2D eigenvalue weighted by Gasteiger charge is 2.15. The fraction of sp³-hybridized carbons (Fsp3) is 0.500. The first-order chi connectivity index (χ1) is 8.86. The number of nitrogens with zero attached hydrogens (tertiary/aromatic N) is 2. The maximum atomic E-state index is 10.3. The Hall–Kier alpha value is -0.860. The van der Waals surface area contributed by atoms with E-state index in [0.29, 0.717) is 22.1 Å². The van der Waals surface area contributed by atoms with Gasteiger partial charge in [0.05, 0.1) is 10.0 Å². The van der Waals surface area contributed by atoms with E-state index >= 15 is 0 Å². The van der Waals surface area contributed by atoms with Crippen molar-refractivity contribution in [3.05, 3.63) is 27.7 Å². The zero-order chi connectivity index (χ0) is 14.6. The molecule has 1 aromatic carbocycles. The monoisotopic (exact) mass is 300 g/mol. The Morgan fingerprint density at radius 3 is 2.00 bits per heavy atom. The van der Waals surface area contributed by atoms with E-state index in [1.165, 1.54) is 6.08 Å². The number of isocyanates is 1. The minimum atomic E-state index is 0.280. The van der Waals surface area contributed by atoms with Crippen LogP contribution in [-0.4, -0.2) is 23.1 Å². The van der Waals surface area contributed by atoms with E-state index in [1.54, 1.807) is 12.1 Å². The Morgan fingerprint density at radius 1 is 1.16 bits per heavy atom. The van der Waals surface area contributed by atoms with Crippen LogP contribution < -0.4 is 0 Å². The maximum absolute atomic E-state index is 10.3. The summed E-state index contributed by atoms with van der Waals surface area (Å²) in [5.41, 5.74) is 1.28. The highest BCUT2D eigenvalue weighted by Crippen LogP contribution is 2.34. The van der Waals surface area contributed by atoms with Crippen LogP contribution in [0.5, 0.6) is 0 Å². The molecule has 0 bridgehead atoms. The molecule has 0 heterocycles. The van der Waals surface area contributed by atoms with E-state index in [0.717, 1.165) is 12.1 Å². The van der Waals surface area contributed by atoms with Gasteiger partial charge in [-0.15, -0.1) is 0 Å². The van der Waals surface area contributed by atoms with Crippen molar-refractivity contribution in [2.24, 2.45) is 4.99 Å². The average molecular weight is 301 g/mol. The van der Waals surface area contributed by atoms with Crippen molar-refractivity contribution in [3.8, 4) is 0 Å². The van der Waals surface area contributed by atoms with Crippen LogP contribution in [0.25, 0.3) is 0 Å². The molecule has 0 atom stereocenters. The van der Waals surface area contributed by atoms with Crippen LogP contribution >= 0.6 is 23.2 Å². The number of benzene rings is 1. The Morgan fingerprint density at radius 2 is 1.63 bits per heavy atom. The zero-order valence-electron chi connectivity index (χ0n) is 11.6. The van der Waals surface area contributed by atoms with Gasteiger partial charge in [-0.1, -0.05) is 23.2 Å². The standard InChI is InChI=1S/C14H18Cl2N2O/c1-9(2)18(10(3)4)7-11-5-12(15)14(17-8-19)13(16)6-11/h5-6,9-10H,7H2,1-4H3. The Kier molecular flexibility index (Phi) is 6.02. The molecule has 3 nitrogen and oxygen atoms in total. The molecule has 0 aliphatic rings. The minimum absolute atomic E-state index is 0.280. The number of hydrogen-bond acceptors (Lipinski definition) is 3. The Bertz CT molecular complexity index is 463. The second-order valence-corrected chi connectivity index (χ2v) is 5.79. The van der Waals surface area contributed by atoms with Crippen LogP contribution in [0.4, 0.5) is 5.69 Å². The molecule has 0 radical (unpaired) electrons. The lowest BCUT2D eigenvalue weighted by Gasteiger charge is -2.30. The van der Waals surface area contributed by atoms with Gasteiger partial charge in [0, 0.05) is 18.6 Å². The van der Waals surface area contributed by atoms with Crippen molar-refractivity contribution < 1.29 is 4.79 Å². The molecule has 1 aromatic rings. The smallest absolute Gasteiger partial charge is 0.240 e. The number of hydrogen-bond donors (Lipinski definition) is 0. The largest absolute Gasteiger partial charge is 0.294 e. The summed E-state index contributed by atoms with van der Waals surface area (Å²) < 4.78 is 0. The van der Waals surface area contributed by atoms with Crippen LogP contribution in [0, 0.1) is 0 Å². The Labute approximate surface area is 124 Å². The SMILES string of the molecule is CC(C)N(Cc1cc(Cl)c(N=C=O)c(Cl)c1)C(C)C. The molecule has 0 saturated carbocycles. The van der Waals surface area contributed by atoms with E-state index in [9.17, 15) is 4.79 Å². The first-order valence-electron chi connectivity index (χ1n) is 6.18. The third-order valence-electron chi connectivity index (χ3n) is 2.93. The number of aliphatic imine (C=N–C) groups is 1. The minimum Gasteiger partial charge on any atom is -0.294 e. The van der Waals surface area contributed by atoms with Gasteiger partial charge in [0.1, 0.15) is 5.69 Å². The second kappa shape index (κ2) is 7.06. The lowest BCUT2D eigenvalue weighted by atomic mass is 10.1. The van der Waals surface area contributed by atoms with Gasteiger partial charge >= 0.3 is 0 Å². The van der Waals surface area contributed by atoms with Gasteiger partial charge in [-0.25, -0.2) is 4.79 Å². The van der Waals surface area contributed by atoms with Crippen LogP contribution in [0.2, 0.25) is 10.0 Å². The summed E-state index contributed by atoms with van der Waals surface area (Å²) in [4.78, 5) is 16.1. The summed E-state index contributed by atoms with van der Waals surface area (Å²) in [7, 11) is 0. The first-order valence-corrected chi connectivity index (χ1v) is 6.94. The van der Waals surface area contributed by atoms with Crippen molar-refractivity contribution in [1.82, 2.24) is 4.90 Å². The van der Waals surface area contributed by atoms with Gasteiger partial charge in [0.2, 0.25) is 6.08 Å². The van der Waals surface area contributed by atoms with Gasteiger partial charge in [0.25, 0.3) is 0 Å². The second-order valence-electron chi connectivity index (χ2n) is 4.97. The van der Waals surface area contributed by atoms with E-state index in [-0.39, 0.29) is 5.69 Å².